The second-order valence-electron chi connectivity index (χ2n) is 5.90. The number of benzene rings is 2. The van der Waals surface area contributed by atoms with E-state index in [-0.39, 0.29) is 6.61 Å². The van der Waals surface area contributed by atoms with E-state index in [0.717, 1.165) is 13.0 Å². The lowest BCUT2D eigenvalue weighted by atomic mass is 9.98. The van der Waals surface area contributed by atoms with Gasteiger partial charge in [-0.1, -0.05) is 49.7 Å². The van der Waals surface area contributed by atoms with Crippen LogP contribution >= 0.6 is 0 Å². The summed E-state index contributed by atoms with van der Waals surface area (Å²) in [5.74, 6) is 0.572. The Morgan fingerprint density at radius 3 is 2.52 bits per heavy atom. The van der Waals surface area contributed by atoms with Crippen molar-refractivity contribution < 1.29 is 5.11 Å². The first-order valence-corrected chi connectivity index (χ1v) is 8.07. The van der Waals surface area contributed by atoms with Crippen LogP contribution in [0.5, 0.6) is 0 Å². The maximum atomic E-state index is 9.14. The molecule has 0 aliphatic rings. The van der Waals surface area contributed by atoms with Gasteiger partial charge >= 0.3 is 0 Å². The van der Waals surface area contributed by atoms with Crippen LogP contribution in [0, 0.1) is 5.92 Å². The summed E-state index contributed by atoms with van der Waals surface area (Å²) in [4.78, 5) is 0. The van der Waals surface area contributed by atoms with Crippen molar-refractivity contribution in [1.82, 2.24) is 5.32 Å². The summed E-state index contributed by atoms with van der Waals surface area (Å²) in [5, 5.41) is 15.3. The topological polar surface area (TPSA) is 32.3 Å². The standard InChI is InChI=1S/C19H27NO/c1-3-6-16(11-12-21)14-20-15(2)18-10-9-17-7-4-5-8-19(17)13-18/h4-5,7-10,13,15-16,20-21H,3,6,11-12,14H2,1-2H3. The van der Waals surface area contributed by atoms with Crippen molar-refractivity contribution in [2.45, 2.75) is 39.2 Å². The molecule has 0 saturated heterocycles. The zero-order valence-corrected chi connectivity index (χ0v) is 13.2. The smallest absolute Gasteiger partial charge is 0.0434 e. The average molecular weight is 285 g/mol. The lowest BCUT2D eigenvalue weighted by Crippen LogP contribution is -2.26. The summed E-state index contributed by atoms with van der Waals surface area (Å²) in [5.41, 5.74) is 1.33. The highest BCUT2D eigenvalue weighted by molar-refractivity contribution is 5.83. The van der Waals surface area contributed by atoms with E-state index >= 15 is 0 Å². The molecule has 0 aliphatic carbocycles. The third kappa shape index (κ3) is 4.55. The molecule has 2 aromatic rings. The minimum Gasteiger partial charge on any atom is -0.396 e. The van der Waals surface area contributed by atoms with E-state index in [4.69, 9.17) is 5.11 Å². The maximum absolute atomic E-state index is 9.14. The van der Waals surface area contributed by atoms with Gasteiger partial charge in [-0.05, 0) is 54.6 Å². The van der Waals surface area contributed by atoms with Crippen LogP contribution in [-0.4, -0.2) is 18.3 Å². The van der Waals surface area contributed by atoms with Crippen molar-refractivity contribution >= 4 is 10.8 Å². The Balaban J connectivity index is 1.99. The van der Waals surface area contributed by atoms with Gasteiger partial charge in [0, 0.05) is 12.6 Å². The molecule has 0 radical (unpaired) electrons. The van der Waals surface area contributed by atoms with Crippen molar-refractivity contribution in [1.29, 1.82) is 0 Å². The molecule has 0 fully saturated rings. The molecule has 0 aliphatic heterocycles. The lowest BCUT2D eigenvalue weighted by molar-refractivity contribution is 0.246. The predicted molar refractivity (Wildman–Crippen MR) is 90.5 cm³/mol. The van der Waals surface area contributed by atoms with Gasteiger partial charge in [0.25, 0.3) is 0 Å². The van der Waals surface area contributed by atoms with Crippen molar-refractivity contribution in [3.05, 3.63) is 48.0 Å². The fourth-order valence-electron chi connectivity index (χ4n) is 2.88. The summed E-state index contributed by atoms with van der Waals surface area (Å²) in [6, 6.07) is 15.5. The summed E-state index contributed by atoms with van der Waals surface area (Å²) < 4.78 is 0. The SMILES string of the molecule is CCCC(CCO)CNC(C)c1ccc2ccccc2c1. The fourth-order valence-corrected chi connectivity index (χ4v) is 2.88. The first kappa shape index (κ1) is 16.0. The van der Waals surface area contributed by atoms with Gasteiger partial charge in [-0.2, -0.15) is 0 Å². The fraction of sp³-hybridized carbons (Fsp3) is 0.474. The monoisotopic (exact) mass is 285 g/mol. The molecular weight excluding hydrogens is 258 g/mol. The Labute approximate surface area is 128 Å². The van der Waals surface area contributed by atoms with Gasteiger partial charge < -0.3 is 10.4 Å². The second-order valence-corrected chi connectivity index (χ2v) is 5.90. The van der Waals surface area contributed by atoms with Gasteiger partial charge in [-0.25, -0.2) is 0 Å². The van der Waals surface area contributed by atoms with Crippen molar-refractivity contribution in [2.75, 3.05) is 13.2 Å². The summed E-state index contributed by atoms with van der Waals surface area (Å²) >= 11 is 0. The van der Waals surface area contributed by atoms with Crippen LogP contribution in [-0.2, 0) is 0 Å². The van der Waals surface area contributed by atoms with Gasteiger partial charge in [0.1, 0.15) is 0 Å². The molecule has 21 heavy (non-hydrogen) atoms. The normalized spacial score (nSPS) is 14.2. The molecule has 2 N–H and O–H groups in total. The molecule has 2 aromatic carbocycles. The van der Waals surface area contributed by atoms with Crippen LogP contribution in [0.3, 0.4) is 0 Å². The van der Waals surface area contributed by atoms with Gasteiger partial charge in [-0.3, -0.25) is 0 Å². The molecule has 2 nitrogen and oxygen atoms in total. The summed E-state index contributed by atoms with van der Waals surface area (Å²) in [7, 11) is 0. The van der Waals surface area contributed by atoms with Crippen LogP contribution in [0.15, 0.2) is 42.5 Å². The summed E-state index contributed by atoms with van der Waals surface area (Å²) in [6.45, 7) is 5.68. The highest BCUT2D eigenvalue weighted by Gasteiger charge is 2.10. The number of aliphatic hydroxyl groups is 1. The minimum atomic E-state index is 0.288. The van der Waals surface area contributed by atoms with E-state index in [1.807, 2.05) is 0 Å². The number of hydrogen-bond donors (Lipinski definition) is 2. The molecular formula is C19H27NO. The number of rotatable bonds is 8. The van der Waals surface area contributed by atoms with Gasteiger partial charge in [0.2, 0.25) is 0 Å². The number of aliphatic hydroxyl groups excluding tert-OH is 1. The Bertz CT molecular complexity index is 546. The van der Waals surface area contributed by atoms with Gasteiger partial charge in [0.05, 0.1) is 0 Å². The van der Waals surface area contributed by atoms with Crippen molar-refractivity contribution in [3.8, 4) is 0 Å². The molecule has 0 spiro atoms. The number of hydrogen-bond acceptors (Lipinski definition) is 2. The Morgan fingerprint density at radius 2 is 1.81 bits per heavy atom. The molecule has 0 heterocycles. The van der Waals surface area contributed by atoms with Crippen molar-refractivity contribution in [2.24, 2.45) is 5.92 Å². The Hall–Kier alpha value is -1.38. The first-order valence-electron chi connectivity index (χ1n) is 8.07. The van der Waals surface area contributed by atoms with Crippen LogP contribution in [0.25, 0.3) is 10.8 Å². The Morgan fingerprint density at radius 1 is 1.05 bits per heavy atom. The first-order chi connectivity index (χ1) is 10.2. The third-order valence-electron chi connectivity index (χ3n) is 4.22. The molecule has 0 amide bonds. The zero-order valence-electron chi connectivity index (χ0n) is 13.2. The number of nitrogens with one attached hydrogen (secondary N) is 1. The minimum absolute atomic E-state index is 0.288. The number of fused-ring (bicyclic) bond motifs is 1. The molecule has 114 valence electrons. The molecule has 2 heteroatoms. The molecule has 2 atom stereocenters. The second kappa shape index (κ2) is 8.16. The van der Waals surface area contributed by atoms with E-state index in [1.165, 1.54) is 29.2 Å². The Kier molecular flexibility index (Phi) is 6.21. The van der Waals surface area contributed by atoms with E-state index < -0.39 is 0 Å². The van der Waals surface area contributed by atoms with Crippen LogP contribution in [0.1, 0.15) is 44.7 Å². The van der Waals surface area contributed by atoms with Crippen LogP contribution in [0.4, 0.5) is 0 Å². The lowest BCUT2D eigenvalue weighted by Gasteiger charge is -2.20. The van der Waals surface area contributed by atoms with E-state index in [9.17, 15) is 0 Å². The van der Waals surface area contributed by atoms with Gasteiger partial charge in [-0.15, -0.1) is 0 Å². The average Bonchev–Trinajstić information content (AvgIpc) is 2.52. The quantitative estimate of drug-likeness (QED) is 0.758. The highest BCUT2D eigenvalue weighted by atomic mass is 16.3. The largest absolute Gasteiger partial charge is 0.396 e. The predicted octanol–water partition coefficient (Wildman–Crippen LogP) is 4.29. The molecule has 0 saturated carbocycles. The molecule has 0 aromatic heterocycles. The zero-order chi connectivity index (χ0) is 15.1. The molecule has 2 rings (SSSR count). The van der Waals surface area contributed by atoms with Gasteiger partial charge in [0.15, 0.2) is 0 Å². The maximum Gasteiger partial charge on any atom is 0.0434 e. The molecule has 0 bridgehead atoms. The summed E-state index contributed by atoms with van der Waals surface area (Å²) in [6.07, 6.45) is 3.25. The van der Waals surface area contributed by atoms with E-state index in [0.29, 0.717) is 12.0 Å². The van der Waals surface area contributed by atoms with Crippen molar-refractivity contribution in [3.63, 3.8) is 0 Å². The molecule has 2 unspecified atom stereocenters. The van der Waals surface area contributed by atoms with E-state index in [1.54, 1.807) is 0 Å². The van der Waals surface area contributed by atoms with E-state index in [2.05, 4.69) is 61.6 Å². The highest BCUT2D eigenvalue weighted by Crippen LogP contribution is 2.21. The van der Waals surface area contributed by atoms with Crippen LogP contribution in [0.2, 0.25) is 0 Å². The van der Waals surface area contributed by atoms with Crippen LogP contribution < -0.4 is 5.32 Å². The third-order valence-corrected chi connectivity index (χ3v) is 4.22.